The van der Waals surface area contributed by atoms with Crippen LogP contribution in [0.4, 0.5) is 0 Å². The van der Waals surface area contributed by atoms with Crippen LogP contribution in [0.3, 0.4) is 0 Å². The summed E-state index contributed by atoms with van der Waals surface area (Å²) >= 11 is 0. The predicted octanol–water partition coefficient (Wildman–Crippen LogP) is 1.25. The number of fused-ring (bicyclic) bond motifs is 1. The Morgan fingerprint density at radius 1 is 1.40 bits per heavy atom. The highest BCUT2D eigenvalue weighted by Gasteiger charge is 2.29. The Bertz CT molecular complexity index is 624. The zero-order valence-electron chi connectivity index (χ0n) is 12.4. The van der Waals surface area contributed by atoms with Crippen molar-refractivity contribution in [3.63, 3.8) is 0 Å². The molecule has 0 aliphatic carbocycles. The molecule has 0 spiro atoms. The van der Waals surface area contributed by atoms with Crippen molar-refractivity contribution in [1.82, 2.24) is 4.72 Å². The van der Waals surface area contributed by atoms with Gasteiger partial charge >= 0.3 is 0 Å². The molecule has 1 atom stereocenters. The summed E-state index contributed by atoms with van der Waals surface area (Å²) in [6.45, 7) is 7.74. The molecule has 0 fully saturated rings. The number of ether oxygens (including phenoxy) is 1. The van der Waals surface area contributed by atoms with E-state index < -0.39 is 10.0 Å². The summed E-state index contributed by atoms with van der Waals surface area (Å²) in [4.78, 5) is 0.337. The molecule has 1 aliphatic rings. The largest absolute Gasteiger partial charge is 0.488 e. The van der Waals surface area contributed by atoms with E-state index in [4.69, 9.17) is 10.5 Å². The van der Waals surface area contributed by atoms with Crippen molar-refractivity contribution in [3.05, 3.63) is 22.8 Å². The number of hydrogen-bond donors (Lipinski definition) is 2. The number of rotatable bonds is 4. The van der Waals surface area contributed by atoms with Crippen LogP contribution in [0, 0.1) is 13.8 Å². The van der Waals surface area contributed by atoms with Gasteiger partial charge in [-0.3, -0.25) is 0 Å². The third-order valence-corrected chi connectivity index (χ3v) is 5.33. The molecule has 0 amide bonds. The Morgan fingerprint density at radius 2 is 2.05 bits per heavy atom. The second-order valence-corrected chi connectivity index (χ2v) is 7.25. The molecule has 3 N–H and O–H groups in total. The summed E-state index contributed by atoms with van der Waals surface area (Å²) in [6, 6.07) is 1.58. The molecule has 1 unspecified atom stereocenters. The molecule has 0 radical (unpaired) electrons. The van der Waals surface area contributed by atoms with Crippen LogP contribution in [0.1, 0.15) is 30.5 Å². The summed E-state index contributed by atoms with van der Waals surface area (Å²) < 4.78 is 33.2. The number of sulfonamides is 1. The van der Waals surface area contributed by atoms with Crippen molar-refractivity contribution in [1.29, 1.82) is 0 Å². The summed E-state index contributed by atoms with van der Waals surface area (Å²) in [7, 11) is -3.50. The molecule has 6 heteroatoms. The zero-order chi connectivity index (χ0) is 15.1. The van der Waals surface area contributed by atoms with Gasteiger partial charge in [0.15, 0.2) is 0 Å². The van der Waals surface area contributed by atoms with Crippen molar-refractivity contribution >= 4 is 10.0 Å². The van der Waals surface area contributed by atoms with E-state index in [1.807, 2.05) is 13.8 Å². The fraction of sp³-hybridized carbons (Fsp3) is 0.571. The molecule has 0 saturated heterocycles. The standard InChI is InChI=1S/C14H22N2O3S/c1-8(2)16-20(17,18)13-6-11-5-12(7-15)19-14(11)10(4)9(13)3/h6,8,12,16H,5,7,15H2,1-4H3. The lowest BCUT2D eigenvalue weighted by Crippen LogP contribution is -2.31. The van der Waals surface area contributed by atoms with E-state index in [1.54, 1.807) is 19.9 Å². The van der Waals surface area contributed by atoms with Gasteiger partial charge in [-0.2, -0.15) is 0 Å². The first kappa shape index (κ1) is 15.3. The Labute approximate surface area is 120 Å². The quantitative estimate of drug-likeness (QED) is 0.876. The topological polar surface area (TPSA) is 81.4 Å². The summed E-state index contributed by atoms with van der Waals surface area (Å²) in [5.41, 5.74) is 8.17. The Kier molecular flexibility index (Phi) is 4.09. The maximum Gasteiger partial charge on any atom is 0.241 e. The van der Waals surface area contributed by atoms with E-state index in [-0.39, 0.29) is 12.1 Å². The van der Waals surface area contributed by atoms with E-state index >= 15 is 0 Å². The summed E-state index contributed by atoms with van der Waals surface area (Å²) in [6.07, 6.45) is 0.607. The molecular formula is C14H22N2O3S. The fourth-order valence-electron chi connectivity index (χ4n) is 2.48. The number of benzene rings is 1. The lowest BCUT2D eigenvalue weighted by Gasteiger charge is -2.15. The minimum atomic E-state index is -3.50. The molecule has 1 aliphatic heterocycles. The molecule has 0 bridgehead atoms. The molecule has 2 rings (SSSR count). The van der Waals surface area contributed by atoms with Gasteiger partial charge in [0.1, 0.15) is 11.9 Å². The average Bonchev–Trinajstić information content (AvgIpc) is 2.75. The van der Waals surface area contributed by atoms with Gasteiger partial charge in [0, 0.05) is 19.0 Å². The highest BCUT2D eigenvalue weighted by Crippen LogP contribution is 2.37. The third kappa shape index (κ3) is 2.68. The number of nitrogens with one attached hydrogen (secondary N) is 1. The SMILES string of the molecule is Cc1c(S(=O)(=O)NC(C)C)cc2c(c1C)OC(CN)C2. The van der Waals surface area contributed by atoms with E-state index in [0.717, 1.165) is 22.4 Å². The Balaban J connectivity index is 2.51. The van der Waals surface area contributed by atoms with Gasteiger partial charge in [-0.15, -0.1) is 0 Å². The minimum Gasteiger partial charge on any atom is -0.488 e. The van der Waals surface area contributed by atoms with Crippen LogP contribution in [0.15, 0.2) is 11.0 Å². The van der Waals surface area contributed by atoms with Crippen LogP contribution in [0.2, 0.25) is 0 Å². The maximum atomic E-state index is 12.4. The molecular weight excluding hydrogens is 276 g/mol. The van der Waals surface area contributed by atoms with Gasteiger partial charge in [-0.25, -0.2) is 13.1 Å². The first-order valence-corrected chi connectivity index (χ1v) is 8.26. The van der Waals surface area contributed by atoms with Gasteiger partial charge in [-0.05, 0) is 50.5 Å². The normalized spacial score (nSPS) is 18.2. The molecule has 20 heavy (non-hydrogen) atoms. The first-order chi connectivity index (χ1) is 9.26. The Hall–Kier alpha value is -1.11. The van der Waals surface area contributed by atoms with Crippen molar-refractivity contribution in [2.24, 2.45) is 5.73 Å². The van der Waals surface area contributed by atoms with Gasteiger partial charge in [-0.1, -0.05) is 0 Å². The molecule has 1 aromatic rings. The average molecular weight is 298 g/mol. The second kappa shape index (κ2) is 5.35. The second-order valence-electron chi connectivity index (χ2n) is 5.57. The molecule has 0 saturated carbocycles. The van der Waals surface area contributed by atoms with Gasteiger partial charge in [0.05, 0.1) is 4.90 Å². The maximum absolute atomic E-state index is 12.4. The van der Waals surface area contributed by atoms with Crippen molar-refractivity contribution < 1.29 is 13.2 Å². The van der Waals surface area contributed by atoms with Crippen LogP contribution in [0.5, 0.6) is 5.75 Å². The number of nitrogens with two attached hydrogens (primary N) is 1. The van der Waals surface area contributed by atoms with E-state index in [0.29, 0.717) is 17.9 Å². The van der Waals surface area contributed by atoms with Gasteiger partial charge in [0.25, 0.3) is 0 Å². The van der Waals surface area contributed by atoms with Crippen LogP contribution in [-0.2, 0) is 16.4 Å². The van der Waals surface area contributed by atoms with Crippen molar-refractivity contribution in [2.45, 2.75) is 51.2 Å². The molecule has 1 heterocycles. The molecule has 1 aromatic carbocycles. The monoisotopic (exact) mass is 298 g/mol. The van der Waals surface area contributed by atoms with Gasteiger partial charge in [0.2, 0.25) is 10.0 Å². The van der Waals surface area contributed by atoms with Crippen LogP contribution in [-0.4, -0.2) is 27.1 Å². The zero-order valence-corrected chi connectivity index (χ0v) is 13.2. The highest BCUT2D eigenvalue weighted by atomic mass is 32.2. The van der Waals surface area contributed by atoms with Crippen LogP contribution >= 0.6 is 0 Å². The first-order valence-electron chi connectivity index (χ1n) is 6.78. The van der Waals surface area contributed by atoms with Crippen molar-refractivity contribution in [3.8, 4) is 5.75 Å². The van der Waals surface area contributed by atoms with Gasteiger partial charge < -0.3 is 10.5 Å². The van der Waals surface area contributed by atoms with E-state index in [2.05, 4.69) is 4.72 Å². The highest BCUT2D eigenvalue weighted by molar-refractivity contribution is 7.89. The summed E-state index contributed by atoms with van der Waals surface area (Å²) in [5.74, 6) is 0.793. The smallest absolute Gasteiger partial charge is 0.241 e. The van der Waals surface area contributed by atoms with Crippen LogP contribution in [0.25, 0.3) is 0 Å². The summed E-state index contributed by atoms with van der Waals surface area (Å²) in [5, 5.41) is 0. The number of hydrogen-bond acceptors (Lipinski definition) is 4. The minimum absolute atomic E-state index is 0.0564. The van der Waals surface area contributed by atoms with Crippen LogP contribution < -0.4 is 15.2 Å². The Morgan fingerprint density at radius 3 is 2.60 bits per heavy atom. The fourth-order valence-corrected chi connectivity index (χ4v) is 4.08. The lowest BCUT2D eigenvalue weighted by molar-refractivity contribution is 0.240. The molecule has 112 valence electrons. The molecule has 0 aromatic heterocycles. The third-order valence-electron chi connectivity index (χ3n) is 3.55. The predicted molar refractivity (Wildman–Crippen MR) is 78.5 cm³/mol. The van der Waals surface area contributed by atoms with Crippen molar-refractivity contribution in [2.75, 3.05) is 6.54 Å². The van der Waals surface area contributed by atoms with E-state index in [9.17, 15) is 8.42 Å². The lowest BCUT2D eigenvalue weighted by atomic mass is 10.0. The van der Waals surface area contributed by atoms with E-state index in [1.165, 1.54) is 0 Å². The molecule has 5 nitrogen and oxygen atoms in total.